The molecule has 0 amide bonds. The molecule has 1 rings (SSSR count). The van der Waals surface area contributed by atoms with Crippen molar-refractivity contribution in [3.8, 4) is 6.07 Å². The van der Waals surface area contributed by atoms with Crippen LogP contribution < -0.4 is 0 Å². The molecule has 3 nitrogen and oxygen atoms in total. The summed E-state index contributed by atoms with van der Waals surface area (Å²) in [6.07, 6.45) is 0. The Kier molecular flexibility index (Phi) is 5.14. The SMILES string of the molecule is CC(C)(C)OCCOCc1ccccc1C#N. The minimum Gasteiger partial charge on any atom is -0.374 e. The van der Waals surface area contributed by atoms with E-state index in [0.717, 1.165) is 5.56 Å². The van der Waals surface area contributed by atoms with Crippen molar-refractivity contribution in [1.29, 1.82) is 5.26 Å². The van der Waals surface area contributed by atoms with Gasteiger partial charge in [0.25, 0.3) is 0 Å². The smallest absolute Gasteiger partial charge is 0.0995 e. The first kappa shape index (κ1) is 13.7. The lowest BCUT2D eigenvalue weighted by Crippen LogP contribution is -2.21. The molecule has 0 aromatic heterocycles. The van der Waals surface area contributed by atoms with Crippen LogP contribution in [0.2, 0.25) is 0 Å². The van der Waals surface area contributed by atoms with Gasteiger partial charge < -0.3 is 9.47 Å². The molecule has 3 heteroatoms. The molecular weight excluding hydrogens is 214 g/mol. The molecular formula is C14H19NO2. The maximum Gasteiger partial charge on any atom is 0.0995 e. The summed E-state index contributed by atoms with van der Waals surface area (Å²) < 4.78 is 11.0. The lowest BCUT2D eigenvalue weighted by molar-refractivity contribution is -0.0377. The predicted molar refractivity (Wildman–Crippen MR) is 66.5 cm³/mol. The van der Waals surface area contributed by atoms with Gasteiger partial charge in [-0.3, -0.25) is 0 Å². The molecule has 17 heavy (non-hydrogen) atoms. The largest absolute Gasteiger partial charge is 0.374 e. The summed E-state index contributed by atoms with van der Waals surface area (Å²) in [7, 11) is 0. The molecule has 0 aliphatic heterocycles. The number of ether oxygens (including phenoxy) is 2. The van der Waals surface area contributed by atoms with Crippen molar-refractivity contribution in [2.24, 2.45) is 0 Å². The topological polar surface area (TPSA) is 42.2 Å². The standard InChI is InChI=1S/C14H19NO2/c1-14(2,3)17-9-8-16-11-13-7-5-4-6-12(13)10-15/h4-7H,8-9,11H2,1-3H3. The van der Waals surface area contributed by atoms with E-state index in [1.807, 2.05) is 39.0 Å². The van der Waals surface area contributed by atoms with Gasteiger partial charge in [0.15, 0.2) is 0 Å². The highest BCUT2D eigenvalue weighted by atomic mass is 16.5. The zero-order chi connectivity index (χ0) is 12.7. The van der Waals surface area contributed by atoms with Crippen molar-refractivity contribution in [2.75, 3.05) is 13.2 Å². The van der Waals surface area contributed by atoms with Crippen LogP contribution in [0.1, 0.15) is 31.9 Å². The summed E-state index contributed by atoms with van der Waals surface area (Å²) in [6.45, 7) is 7.60. The van der Waals surface area contributed by atoms with Gasteiger partial charge in [0.2, 0.25) is 0 Å². The summed E-state index contributed by atoms with van der Waals surface area (Å²) in [5.74, 6) is 0. The van der Waals surface area contributed by atoms with E-state index in [2.05, 4.69) is 6.07 Å². The molecule has 0 N–H and O–H groups in total. The van der Waals surface area contributed by atoms with Crippen LogP contribution in [-0.2, 0) is 16.1 Å². The van der Waals surface area contributed by atoms with Crippen molar-refractivity contribution in [3.63, 3.8) is 0 Å². The van der Waals surface area contributed by atoms with E-state index in [1.165, 1.54) is 0 Å². The fourth-order valence-corrected chi connectivity index (χ4v) is 1.34. The second-order valence-corrected chi connectivity index (χ2v) is 4.78. The van der Waals surface area contributed by atoms with Gasteiger partial charge in [0, 0.05) is 0 Å². The Morgan fingerprint density at radius 1 is 1.18 bits per heavy atom. The average Bonchev–Trinajstić information content (AvgIpc) is 2.27. The molecule has 0 aliphatic carbocycles. The minimum absolute atomic E-state index is 0.131. The molecule has 0 aliphatic rings. The van der Waals surface area contributed by atoms with Crippen LogP contribution in [0.3, 0.4) is 0 Å². The minimum atomic E-state index is -0.131. The van der Waals surface area contributed by atoms with Crippen molar-refractivity contribution in [1.82, 2.24) is 0 Å². The highest BCUT2D eigenvalue weighted by Crippen LogP contribution is 2.09. The molecule has 0 saturated carbocycles. The molecule has 0 heterocycles. The number of rotatable bonds is 5. The maximum atomic E-state index is 8.90. The highest BCUT2D eigenvalue weighted by Gasteiger charge is 2.09. The van der Waals surface area contributed by atoms with Crippen LogP contribution in [0, 0.1) is 11.3 Å². The Balaban J connectivity index is 2.30. The lowest BCUT2D eigenvalue weighted by atomic mass is 10.1. The number of hydrogen-bond donors (Lipinski definition) is 0. The van der Waals surface area contributed by atoms with Gasteiger partial charge in [-0.15, -0.1) is 0 Å². The summed E-state index contributed by atoms with van der Waals surface area (Å²) in [5, 5.41) is 8.90. The van der Waals surface area contributed by atoms with E-state index in [0.29, 0.717) is 25.4 Å². The Bertz CT molecular complexity index is 388. The van der Waals surface area contributed by atoms with Crippen molar-refractivity contribution in [3.05, 3.63) is 35.4 Å². The van der Waals surface area contributed by atoms with E-state index in [4.69, 9.17) is 14.7 Å². The monoisotopic (exact) mass is 233 g/mol. The molecule has 0 radical (unpaired) electrons. The van der Waals surface area contributed by atoms with Gasteiger partial charge in [-0.2, -0.15) is 5.26 Å². The maximum absolute atomic E-state index is 8.90. The molecule has 1 aromatic rings. The third-order valence-corrected chi connectivity index (χ3v) is 2.16. The summed E-state index contributed by atoms with van der Waals surface area (Å²) in [6, 6.07) is 9.61. The van der Waals surface area contributed by atoms with Crippen LogP contribution in [0.25, 0.3) is 0 Å². The van der Waals surface area contributed by atoms with Gasteiger partial charge in [0.1, 0.15) is 0 Å². The molecule has 0 atom stereocenters. The summed E-state index contributed by atoms with van der Waals surface area (Å²) in [4.78, 5) is 0. The van der Waals surface area contributed by atoms with E-state index in [1.54, 1.807) is 6.07 Å². The fraction of sp³-hybridized carbons (Fsp3) is 0.500. The molecule has 0 bridgehead atoms. The molecule has 92 valence electrons. The van der Waals surface area contributed by atoms with E-state index < -0.39 is 0 Å². The first-order chi connectivity index (χ1) is 8.03. The second kappa shape index (κ2) is 6.39. The Morgan fingerprint density at radius 2 is 1.88 bits per heavy atom. The van der Waals surface area contributed by atoms with Gasteiger partial charge in [-0.25, -0.2) is 0 Å². The van der Waals surface area contributed by atoms with Crippen molar-refractivity contribution < 1.29 is 9.47 Å². The first-order valence-corrected chi connectivity index (χ1v) is 5.72. The van der Waals surface area contributed by atoms with E-state index >= 15 is 0 Å². The Hall–Kier alpha value is -1.37. The highest BCUT2D eigenvalue weighted by molar-refractivity contribution is 5.36. The van der Waals surface area contributed by atoms with Crippen LogP contribution in [0.4, 0.5) is 0 Å². The first-order valence-electron chi connectivity index (χ1n) is 5.72. The third kappa shape index (κ3) is 5.48. The van der Waals surface area contributed by atoms with Crippen LogP contribution in [0.15, 0.2) is 24.3 Å². The van der Waals surface area contributed by atoms with E-state index in [-0.39, 0.29) is 5.60 Å². The molecule has 0 spiro atoms. The van der Waals surface area contributed by atoms with Gasteiger partial charge in [-0.1, -0.05) is 18.2 Å². The molecule has 1 aromatic carbocycles. The zero-order valence-corrected chi connectivity index (χ0v) is 10.7. The van der Waals surface area contributed by atoms with Crippen LogP contribution >= 0.6 is 0 Å². The molecule has 0 saturated heterocycles. The number of hydrogen-bond acceptors (Lipinski definition) is 3. The second-order valence-electron chi connectivity index (χ2n) is 4.78. The molecule has 0 unspecified atom stereocenters. The van der Waals surface area contributed by atoms with Crippen LogP contribution in [-0.4, -0.2) is 18.8 Å². The molecule has 0 fully saturated rings. The Morgan fingerprint density at radius 3 is 2.53 bits per heavy atom. The summed E-state index contributed by atoms with van der Waals surface area (Å²) >= 11 is 0. The Labute approximate surface area is 103 Å². The average molecular weight is 233 g/mol. The van der Waals surface area contributed by atoms with Gasteiger partial charge in [0.05, 0.1) is 37.1 Å². The quantitative estimate of drug-likeness (QED) is 0.734. The van der Waals surface area contributed by atoms with E-state index in [9.17, 15) is 0 Å². The van der Waals surface area contributed by atoms with Gasteiger partial charge >= 0.3 is 0 Å². The van der Waals surface area contributed by atoms with Crippen LogP contribution in [0.5, 0.6) is 0 Å². The third-order valence-electron chi connectivity index (χ3n) is 2.16. The van der Waals surface area contributed by atoms with Gasteiger partial charge in [-0.05, 0) is 32.4 Å². The summed E-state index contributed by atoms with van der Waals surface area (Å²) in [5.41, 5.74) is 1.46. The lowest BCUT2D eigenvalue weighted by Gasteiger charge is -2.19. The predicted octanol–water partition coefficient (Wildman–Crippen LogP) is 2.89. The zero-order valence-electron chi connectivity index (χ0n) is 10.7. The number of nitrogens with zero attached hydrogens (tertiary/aromatic N) is 1. The number of benzene rings is 1. The van der Waals surface area contributed by atoms with Crippen molar-refractivity contribution in [2.45, 2.75) is 33.0 Å². The number of nitriles is 1. The van der Waals surface area contributed by atoms with Crippen molar-refractivity contribution >= 4 is 0 Å². The fourth-order valence-electron chi connectivity index (χ4n) is 1.34. The normalized spacial score (nSPS) is 11.2.